The van der Waals surface area contributed by atoms with Gasteiger partial charge >= 0.3 is 6.03 Å². The molecule has 0 bridgehead atoms. The summed E-state index contributed by atoms with van der Waals surface area (Å²) in [5.41, 5.74) is 1.91. The van der Waals surface area contributed by atoms with Crippen molar-refractivity contribution in [2.75, 3.05) is 32.0 Å². The first-order chi connectivity index (χ1) is 14.6. The van der Waals surface area contributed by atoms with Crippen LogP contribution >= 0.6 is 35.7 Å². The van der Waals surface area contributed by atoms with Crippen LogP contribution in [-0.4, -0.2) is 48.8 Å². The second-order valence-corrected chi connectivity index (χ2v) is 8.88. The van der Waals surface area contributed by atoms with Crippen LogP contribution in [0, 0.1) is 0 Å². The van der Waals surface area contributed by atoms with Gasteiger partial charge in [0.15, 0.2) is 5.96 Å². The molecule has 168 valence electrons. The second-order valence-electron chi connectivity index (χ2n) is 7.37. The van der Waals surface area contributed by atoms with Crippen molar-refractivity contribution >= 4 is 53.4 Å². The molecule has 1 aliphatic rings. The average molecular weight is 554 g/mol. The van der Waals surface area contributed by atoms with Crippen LogP contribution in [0.25, 0.3) is 0 Å². The number of nitrogens with one attached hydrogen (secondary N) is 3. The molecule has 8 heteroatoms. The quantitative estimate of drug-likeness (QED) is 0.200. The van der Waals surface area contributed by atoms with E-state index in [-0.39, 0.29) is 30.0 Å². The van der Waals surface area contributed by atoms with Gasteiger partial charge in [0.1, 0.15) is 0 Å². The largest absolute Gasteiger partial charge is 0.355 e. The fourth-order valence-electron chi connectivity index (χ4n) is 3.30. The number of thioether (sulfide) groups is 1. The smallest absolute Gasteiger partial charge is 0.321 e. The van der Waals surface area contributed by atoms with Crippen LogP contribution < -0.4 is 16.0 Å². The number of hydrogen-bond donors (Lipinski definition) is 3. The fraction of sp³-hybridized carbons (Fsp3) is 0.391. The molecule has 3 rings (SSSR count). The highest BCUT2D eigenvalue weighted by molar-refractivity contribution is 14.0. The zero-order valence-electron chi connectivity index (χ0n) is 18.1. The molecule has 2 aromatic carbocycles. The maximum absolute atomic E-state index is 12.3. The summed E-state index contributed by atoms with van der Waals surface area (Å²) >= 11 is 1.84. The highest BCUT2D eigenvalue weighted by atomic mass is 127. The Morgan fingerprint density at radius 1 is 1.10 bits per heavy atom. The van der Waals surface area contributed by atoms with Crippen LogP contribution in [0.3, 0.4) is 0 Å². The van der Waals surface area contributed by atoms with Crippen molar-refractivity contribution in [3.63, 3.8) is 0 Å². The van der Waals surface area contributed by atoms with E-state index in [1.807, 2.05) is 47.0 Å². The van der Waals surface area contributed by atoms with Crippen LogP contribution in [0.2, 0.25) is 0 Å². The van der Waals surface area contributed by atoms with Crippen molar-refractivity contribution in [1.82, 2.24) is 15.5 Å². The summed E-state index contributed by atoms with van der Waals surface area (Å²) in [6.45, 7) is 5.33. The molecule has 31 heavy (non-hydrogen) atoms. The van der Waals surface area contributed by atoms with E-state index in [9.17, 15) is 4.79 Å². The molecule has 0 radical (unpaired) electrons. The minimum atomic E-state index is -0.0139. The van der Waals surface area contributed by atoms with Crippen molar-refractivity contribution < 1.29 is 4.79 Å². The summed E-state index contributed by atoms with van der Waals surface area (Å²) in [5, 5.41) is 10.1. The number of guanidine groups is 1. The van der Waals surface area contributed by atoms with E-state index in [0.717, 1.165) is 49.7 Å². The Kier molecular flexibility index (Phi) is 11.0. The number of nitrogens with zero attached hydrogens (tertiary/aromatic N) is 2. The lowest BCUT2D eigenvalue weighted by atomic mass is 10.2. The second kappa shape index (κ2) is 13.5. The van der Waals surface area contributed by atoms with Gasteiger partial charge < -0.3 is 20.9 Å². The lowest BCUT2D eigenvalue weighted by molar-refractivity contribution is 0.222. The molecule has 1 atom stereocenters. The van der Waals surface area contributed by atoms with Crippen molar-refractivity contribution in [2.45, 2.75) is 36.5 Å². The molecule has 1 unspecified atom stereocenters. The third kappa shape index (κ3) is 8.60. The van der Waals surface area contributed by atoms with Gasteiger partial charge in [0.25, 0.3) is 0 Å². The lowest BCUT2D eigenvalue weighted by Crippen LogP contribution is -2.39. The number of carbonyl (C=O) groups excluding carboxylic acids is 1. The number of rotatable bonds is 7. The molecule has 0 saturated carbocycles. The van der Waals surface area contributed by atoms with Gasteiger partial charge in [0.2, 0.25) is 0 Å². The van der Waals surface area contributed by atoms with Crippen LogP contribution in [0.15, 0.2) is 64.5 Å². The number of halogens is 1. The summed E-state index contributed by atoms with van der Waals surface area (Å²) in [6.07, 6.45) is 2.18. The molecule has 0 spiro atoms. The van der Waals surface area contributed by atoms with Crippen molar-refractivity contribution in [3.05, 3.63) is 60.2 Å². The molecule has 0 aromatic heterocycles. The van der Waals surface area contributed by atoms with Gasteiger partial charge in [-0.3, -0.25) is 4.99 Å². The Balaban J connectivity index is 0.00000341. The Bertz CT molecular complexity index is 843. The molecule has 2 aromatic rings. The number of aliphatic imine (C=N–C) groups is 1. The number of anilines is 1. The fourth-order valence-corrected chi connectivity index (χ4v) is 4.25. The van der Waals surface area contributed by atoms with Gasteiger partial charge in [-0.2, -0.15) is 0 Å². The van der Waals surface area contributed by atoms with Gasteiger partial charge in [-0.05, 0) is 42.7 Å². The van der Waals surface area contributed by atoms with Crippen LogP contribution in [0.4, 0.5) is 10.5 Å². The number of benzene rings is 2. The highest BCUT2D eigenvalue weighted by Crippen LogP contribution is 2.21. The number of likely N-dealkylation sites (tertiary alicyclic amines) is 1. The van der Waals surface area contributed by atoms with Crippen LogP contribution in [-0.2, 0) is 6.54 Å². The molecule has 1 heterocycles. The van der Waals surface area contributed by atoms with Gasteiger partial charge in [0, 0.05) is 49.1 Å². The van der Waals surface area contributed by atoms with E-state index in [2.05, 4.69) is 52.1 Å². The molecular formula is C23H32IN5OS. The highest BCUT2D eigenvalue weighted by Gasteiger charge is 2.17. The molecule has 1 fully saturated rings. The first-order valence-electron chi connectivity index (χ1n) is 10.4. The SMILES string of the molecule is CN=C(NCc1cccc(NC(=O)N2CCCC2)c1)NCC(C)Sc1ccccc1.I. The minimum absolute atomic E-state index is 0. The normalized spacial score (nSPS) is 14.5. The predicted octanol–water partition coefficient (Wildman–Crippen LogP) is 4.78. The maximum atomic E-state index is 12.3. The summed E-state index contributed by atoms with van der Waals surface area (Å²) < 4.78 is 0. The van der Waals surface area contributed by atoms with Crippen molar-refractivity contribution in [2.24, 2.45) is 4.99 Å². The molecular weight excluding hydrogens is 521 g/mol. The first-order valence-corrected chi connectivity index (χ1v) is 11.3. The average Bonchev–Trinajstić information content (AvgIpc) is 3.30. The number of carbonyl (C=O) groups is 1. The summed E-state index contributed by atoms with van der Waals surface area (Å²) in [4.78, 5) is 19.7. The predicted molar refractivity (Wildman–Crippen MR) is 142 cm³/mol. The van der Waals surface area contributed by atoms with E-state index < -0.39 is 0 Å². The Morgan fingerprint density at radius 2 is 1.84 bits per heavy atom. The van der Waals surface area contributed by atoms with E-state index in [1.54, 1.807) is 7.05 Å². The summed E-state index contributed by atoms with van der Waals surface area (Å²) in [7, 11) is 1.77. The zero-order valence-corrected chi connectivity index (χ0v) is 21.3. The minimum Gasteiger partial charge on any atom is -0.355 e. The van der Waals surface area contributed by atoms with Gasteiger partial charge in [-0.15, -0.1) is 35.7 Å². The Labute approximate surface area is 206 Å². The topological polar surface area (TPSA) is 68.8 Å². The molecule has 1 aliphatic heterocycles. The Morgan fingerprint density at radius 3 is 2.55 bits per heavy atom. The molecule has 0 aliphatic carbocycles. The van der Waals surface area contributed by atoms with Crippen LogP contribution in [0.1, 0.15) is 25.3 Å². The molecule has 6 nitrogen and oxygen atoms in total. The van der Waals surface area contributed by atoms with Gasteiger partial charge in [0.05, 0.1) is 0 Å². The van der Waals surface area contributed by atoms with E-state index in [4.69, 9.17) is 0 Å². The monoisotopic (exact) mass is 553 g/mol. The number of hydrogen-bond acceptors (Lipinski definition) is 3. The van der Waals surface area contributed by atoms with Gasteiger partial charge in [-0.25, -0.2) is 4.79 Å². The van der Waals surface area contributed by atoms with Gasteiger partial charge in [-0.1, -0.05) is 37.3 Å². The number of amides is 2. The first kappa shape index (κ1) is 25.3. The standard InChI is InChI=1S/C23H31N5OS.HI/c1-18(30-21-11-4-3-5-12-21)16-25-22(24-2)26-17-19-9-8-10-20(15-19)27-23(29)28-13-6-7-14-28;/h3-5,8-12,15,18H,6-7,13-14,16-17H2,1-2H3,(H,27,29)(H2,24,25,26);1H. The van der Waals surface area contributed by atoms with Crippen LogP contribution in [0.5, 0.6) is 0 Å². The molecule has 1 saturated heterocycles. The molecule has 3 N–H and O–H groups in total. The number of urea groups is 1. The van der Waals surface area contributed by atoms with E-state index in [1.165, 1.54) is 4.90 Å². The van der Waals surface area contributed by atoms with E-state index in [0.29, 0.717) is 11.8 Å². The Hall–Kier alpha value is -1.94. The summed E-state index contributed by atoms with van der Waals surface area (Å²) in [6, 6.07) is 18.3. The van der Waals surface area contributed by atoms with Crippen molar-refractivity contribution in [1.29, 1.82) is 0 Å². The van der Waals surface area contributed by atoms with Crippen molar-refractivity contribution in [3.8, 4) is 0 Å². The molecule has 2 amide bonds. The van der Waals surface area contributed by atoms with E-state index >= 15 is 0 Å². The third-order valence-electron chi connectivity index (χ3n) is 4.89. The zero-order chi connectivity index (χ0) is 21.2. The maximum Gasteiger partial charge on any atom is 0.321 e. The summed E-state index contributed by atoms with van der Waals surface area (Å²) in [5.74, 6) is 0.766. The third-order valence-corrected chi connectivity index (χ3v) is 6.01. The lowest BCUT2D eigenvalue weighted by Gasteiger charge is -2.17.